The largest absolute Gasteiger partial charge is 0.395 e. The van der Waals surface area contributed by atoms with E-state index in [4.69, 9.17) is 4.74 Å². The van der Waals surface area contributed by atoms with Gasteiger partial charge in [-0.05, 0) is 36.1 Å². The molecule has 1 aliphatic heterocycles. The number of aliphatic hydroxyl groups excluding tert-OH is 1. The van der Waals surface area contributed by atoms with Crippen LogP contribution in [-0.4, -0.2) is 41.5 Å². The Kier molecular flexibility index (Phi) is 3.52. The second kappa shape index (κ2) is 5.45. The minimum Gasteiger partial charge on any atom is -0.395 e. The van der Waals surface area contributed by atoms with Crippen LogP contribution >= 0.6 is 0 Å². The van der Waals surface area contributed by atoms with Crippen molar-refractivity contribution >= 4 is 0 Å². The van der Waals surface area contributed by atoms with Gasteiger partial charge in [0.1, 0.15) is 5.72 Å². The molecule has 0 saturated carbocycles. The molecule has 1 N–H and O–H groups in total. The summed E-state index contributed by atoms with van der Waals surface area (Å²) in [4.78, 5) is 2.32. The van der Waals surface area contributed by atoms with Crippen LogP contribution in [0.15, 0.2) is 48.5 Å². The van der Waals surface area contributed by atoms with Crippen LogP contribution in [0.4, 0.5) is 0 Å². The van der Waals surface area contributed by atoms with Gasteiger partial charge in [0.15, 0.2) is 0 Å². The molecule has 0 aromatic heterocycles. The third-order valence-electron chi connectivity index (χ3n) is 5.31. The average Bonchev–Trinajstić information content (AvgIpc) is 3.04. The summed E-state index contributed by atoms with van der Waals surface area (Å²) in [6, 6.07) is 17.4. The van der Waals surface area contributed by atoms with Crippen LogP contribution in [0.1, 0.15) is 30.9 Å². The molecule has 0 spiro atoms. The lowest BCUT2D eigenvalue weighted by Crippen LogP contribution is -2.47. The van der Waals surface area contributed by atoms with Crippen molar-refractivity contribution in [3.63, 3.8) is 0 Å². The van der Waals surface area contributed by atoms with Crippen molar-refractivity contribution in [1.29, 1.82) is 0 Å². The van der Waals surface area contributed by atoms with Gasteiger partial charge in [-0.1, -0.05) is 48.5 Å². The molecule has 1 saturated heterocycles. The second-order valence-electron chi connectivity index (χ2n) is 6.97. The smallest absolute Gasteiger partial charge is 0.116 e. The van der Waals surface area contributed by atoms with Crippen LogP contribution in [0.5, 0.6) is 0 Å². The molecule has 1 atom stereocenters. The number of benzene rings is 2. The van der Waals surface area contributed by atoms with Crippen LogP contribution in [0.2, 0.25) is 0 Å². The molecule has 0 bridgehead atoms. The Labute approximate surface area is 137 Å². The monoisotopic (exact) mass is 309 g/mol. The molecule has 3 nitrogen and oxygen atoms in total. The maximum Gasteiger partial charge on any atom is 0.116 e. The van der Waals surface area contributed by atoms with Gasteiger partial charge in [0.25, 0.3) is 0 Å². The van der Waals surface area contributed by atoms with E-state index >= 15 is 0 Å². The van der Waals surface area contributed by atoms with Crippen molar-refractivity contribution in [2.75, 3.05) is 19.8 Å². The molecule has 1 heterocycles. The first kappa shape index (κ1) is 14.9. The lowest BCUT2D eigenvalue weighted by atomic mass is 9.95. The lowest BCUT2D eigenvalue weighted by Gasteiger charge is -2.35. The van der Waals surface area contributed by atoms with Gasteiger partial charge in [-0.2, -0.15) is 0 Å². The zero-order chi connectivity index (χ0) is 16.0. The number of ether oxygens (including phenoxy) is 1. The predicted octanol–water partition coefficient (Wildman–Crippen LogP) is 3.23. The molecule has 1 aliphatic carbocycles. The van der Waals surface area contributed by atoms with Crippen LogP contribution in [0, 0.1) is 0 Å². The Morgan fingerprint density at radius 1 is 1.04 bits per heavy atom. The van der Waals surface area contributed by atoms with E-state index in [2.05, 4.69) is 67.3 Å². The number of rotatable bonds is 3. The van der Waals surface area contributed by atoms with Crippen molar-refractivity contribution in [3.05, 3.63) is 59.7 Å². The van der Waals surface area contributed by atoms with Gasteiger partial charge in [-0.15, -0.1) is 0 Å². The molecular weight excluding hydrogens is 286 g/mol. The van der Waals surface area contributed by atoms with Gasteiger partial charge in [-0.3, -0.25) is 4.90 Å². The van der Waals surface area contributed by atoms with Gasteiger partial charge < -0.3 is 9.84 Å². The second-order valence-corrected chi connectivity index (χ2v) is 6.97. The van der Waals surface area contributed by atoms with E-state index in [9.17, 15) is 5.11 Å². The molecule has 23 heavy (non-hydrogen) atoms. The summed E-state index contributed by atoms with van der Waals surface area (Å²) in [6.45, 7) is 5.79. The Hall–Kier alpha value is -1.68. The zero-order valence-corrected chi connectivity index (χ0v) is 13.7. The number of nitrogens with zero attached hydrogens (tertiary/aromatic N) is 1. The fourth-order valence-electron chi connectivity index (χ4n) is 4.09. The maximum atomic E-state index is 9.71. The fourth-order valence-corrected chi connectivity index (χ4v) is 4.09. The highest BCUT2D eigenvalue weighted by Crippen LogP contribution is 2.46. The molecule has 3 heteroatoms. The molecule has 4 rings (SSSR count). The summed E-state index contributed by atoms with van der Waals surface area (Å²) in [5, 5.41) is 9.71. The standard InChI is InChI=1S/C20H23NO2/c1-20(2)21(14(12-22)13-23-20)11-19-17-9-5-3-7-15(17)16-8-4-6-10-18(16)19/h3-10,14,19,22H,11-13H2,1-2H3/t14-/m0/s1. The number of hydrogen-bond donors (Lipinski definition) is 1. The first-order valence-corrected chi connectivity index (χ1v) is 8.31. The third kappa shape index (κ3) is 2.31. The van der Waals surface area contributed by atoms with Crippen LogP contribution < -0.4 is 0 Å². The number of hydrogen-bond acceptors (Lipinski definition) is 3. The summed E-state index contributed by atoms with van der Waals surface area (Å²) < 4.78 is 5.91. The summed E-state index contributed by atoms with van der Waals surface area (Å²) in [5.74, 6) is 0.331. The molecular formula is C20H23NO2. The molecule has 0 unspecified atom stereocenters. The first-order valence-electron chi connectivity index (χ1n) is 8.31. The fraction of sp³-hybridized carbons (Fsp3) is 0.400. The Morgan fingerprint density at radius 2 is 1.61 bits per heavy atom. The highest BCUT2D eigenvalue weighted by Gasteiger charge is 2.42. The molecule has 120 valence electrons. The Balaban J connectivity index is 1.74. The molecule has 2 aliphatic rings. The topological polar surface area (TPSA) is 32.7 Å². The van der Waals surface area contributed by atoms with E-state index in [0.717, 1.165) is 6.54 Å². The highest BCUT2D eigenvalue weighted by molar-refractivity contribution is 5.78. The molecule has 2 aromatic carbocycles. The summed E-state index contributed by atoms with van der Waals surface area (Å²) in [6.07, 6.45) is 0. The zero-order valence-electron chi connectivity index (χ0n) is 13.7. The molecule has 0 radical (unpaired) electrons. The van der Waals surface area contributed by atoms with Gasteiger partial charge in [0.2, 0.25) is 0 Å². The van der Waals surface area contributed by atoms with E-state index in [0.29, 0.717) is 12.5 Å². The minimum atomic E-state index is -0.333. The molecule has 2 aromatic rings. The lowest BCUT2D eigenvalue weighted by molar-refractivity contribution is -0.0563. The molecule has 0 amide bonds. The van der Waals surface area contributed by atoms with Gasteiger partial charge >= 0.3 is 0 Å². The third-order valence-corrected chi connectivity index (χ3v) is 5.31. The molecule has 1 fully saturated rings. The van der Waals surface area contributed by atoms with E-state index in [1.54, 1.807) is 0 Å². The Morgan fingerprint density at radius 3 is 2.17 bits per heavy atom. The van der Waals surface area contributed by atoms with Crippen molar-refractivity contribution < 1.29 is 9.84 Å². The summed E-state index contributed by atoms with van der Waals surface area (Å²) in [5.41, 5.74) is 5.11. The highest BCUT2D eigenvalue weighted by atomic mass is 16.5. The van der Waals surface area contributed by atoms with Crippen molar-refractivity contribution in [2.24, 2.45) is 0 Å². The Bertz CT molecular complexity index is 680. The van der Waals surface area contributed by atoms with Gasteiger partial charge in [0.05, 0.1) is 19.3 Å². The van der Waals surface area contributed by atoms with Crippen LogP contribution in [0.25, 0.3) is 11.1 Å². The number of fused-ring (bicyclic) bond motifs is 3. The summed E-state index contributed by atoms with van der Waals surface area (Å²) in [7, 11) is 0. The van der Waals surface area contributed by atoms with E-state index in [1.165, 1.54) is 22.3 Å². The van der Waals surface area contributed by atoms with Crippen molar-refractivity contribution in [1.82, 2.24) is 4.90 Å². The van der Waals surface area contributed by atoms with Crippen molar-refractivity contribution in [2.45, 2.75) is 31.5 Å². The first-order chi connectivity index (χ1) is 11.1. The average molecular weight is 309 g/mol. The van der Waals surface area contributed by atoms with Crippen LogP contribution in [-0.2, 0) is 4.74 Å². The predicted molar refractivity (Wildman–Crippen MR) is 91.3 cm³/mol. The summed E-state index contributed by atoms with van der Waals surface area (Å²) >= 11 is 0. The van der Waals surface area contributed by atoms with Gasteiger partial charge in [-0.25, -0.2) is 0 Å². The maximum absolute atomic E-state index is 9.71. The van der Waals surface area contributed by atoms with E-state index in [1.807, 2.05) is 0 Å². The van der Waals surface area contributed by atoms with Crippen LogP contribution in [0.3, 0.4) is 0 Å². The SMILES string of the molecule is CC1(C)OC[C@H](CO)N1CC1c2ccccc2-c2ccccc21. The minimum absolute atomic E-state index is 0.0740. The normalized spacial score (nSPS) is 23.0. The quantitative estimate of drug-likeness (QED) is 0.945. The van der Waals surface area contributed by atoms with E-state index in [-0.39, 0.29) is 18.4 Å². The van der Waals surface area contributed by atoms with E-state index < -0.39 is 0 Å². The van der Waals surface area contributed by atoms with Gasteiger partial charge in [0, 0.05) is 12.5 Å². The number of aliphatic hydroxyl groups is 1. The van der Waals surface area contributed by atoms with Crippen molar-refractivity contribution in [3.8, 4) is 11.1 Å².